The maximum Gasteiger partial charge on any atom is 0.131 e. The van der Waals surface area contributed by atoms with Crippen LogP contribution in [0.1, 0.15) is 13.3 Å². The molecule has 2 N–H and O–H groups in total. The number of nitrogens with two attached hydrogens (primary N) is 1. The summed E-state index contributed by atoms with van der Waals surface area (Å²) in [6.45, 7) is 2.83. The number of aryl methyl sites for hydroxylation is 1. The van der Waals surface area contributed by atoms with E-state index in [1.165, 1.54) is 0 Å². The second-order valence-corrected chi connectivity index (χ2v) is 3.96. The van der Waals surface area contributed by atoms with E-state index in [9.17, 15) is 0 Å². The van der Waals surface area contributed by atoms with Gasteiger partial charge in [0.05, 0.1) is 12.9 Å². The Hall–Kier alpha value is -1.97. The highest BCUT2D eigenvalue weighted by molar-refractivity contribution is 5.70. The molecular weight excluding hydrogens is 214 g/mol. The van der Waals surface area contributed by atoms with Gasteiger partial charge in [-0.3, -0.25) is 0 Å². The number of imidazole rings is 1. The summed E-state index contributed by atoms with van der Waals surface area (Å²) in [7, 11) is 1.88. The number of anilines is 1. The Labute approximate surface area is 101 Å². The van der Waals surface area contributed by atoms with Gasteiger partial charge in [-0.25, -0.2) is 4.98 Å². The van der Waals surface area contributed by atoms with Crippen LogP contribution in [-0.4, -0.2) is 16.2 Å². The van der Waals surface area contributed by atoms with Gasteiger partial charge in [0, 0.05) is 12.6 Å². The van der Waals surface area contributed by atoms with Crippen molar-refractivity contribution in [3.8, 4) is 17.0 Å². The van der Waals surface area contributed by atoms with Gasteiger partial charge in [-0.05, 0) is 30.7 Å². The van der Waals surface area contributed by atoms with E-state index in [-0.39, 0.29) is 0 Å². The molecule has 4 nitrogen and oxygen atoms in total. The van der Waals surface area contributed by atoms with Crippen LogP contribution >= 0.6 is 0 Å². The molecule has 90 valence electrons. The van der Waals surface area contributed by atoms with Crippen molar-refractivity contribution in [3.05, 3.63) is 30.6 Å². The quantitative estimate of drug-likeness (QED) is 0.879. The van der Waals surface area contributed by atoms with Crippen molar-refractivity contribution in [3.63, 3.8) is 0 Å². The molecule has 0 unspecified atom stereocenters. The normalized spacial score (nSPS) is 10.5. The highest BCUT2D eigenvalue weighted by atomic mass is 16.5. The number of benzene rings is 1. The molecule has 2 rings (SSSR count). The van der Waals surface area contributed by atoms with E-state index >= 15 is 0 Å². The number of ether oxygens (including phenoxy) is 1. The Morgan fingerprint density at radius 2 is 2.00 bits per heavy atom. The molecule has 0 aliphatic carbocycles. The van der Waals surface area contributed by atoms with Crippen LogP contribution in [0, 0.1) is 0 Å². The molecule has 0 bridgehead atoms. The lowest BCUT2D eigenvalue weighted by Crippen LogP contribution is -1.96. The number of nitrogens with zero attached hydrogens (tertiary/aromatic N) is 2. The highest BCUT2D eigenvalue weighted by Crippen LogP contribution is 2.25. The second-order valence-electron chi connectivity index (χ2n) is 3.96. The van der Waals surface area contributed by atoms with Gasteiger partial charge in [-0.15, -0.1) is 0 Å². The maximum atomic E-state index is 5.92. The minimum atomic E-state index is 0.673. The molecule has 0 fully saturated rings. The van der Waals surface area contributed by atoms with E-state index in [0.29, 0.717) is 5.82 Å². The van der Waals surface area contributed by atoms with Crippen LogP contribution in [0.5, 0.6) is 5.75 Å². The third-order valence-electron chi connectivity index (χ3n) is 2.58. The third-order valence-corrected chi connectivity index (χ3v) is 2.58. The van der Waals surface area contributed by atoms with Crippen molar-refractivity contribution in [2.24, 2.45) is 7.05 Å². The maximum absolute atomic E-state index is 5.92. The predicted octanol–water partition coefficient (Wildman–Crippen LogP) is 2.46. The van der Waals surface area contributed by atoms with Gasteiger partial charge in [0.2, 0.25) is 0 Å². The van der Waals surface area contributed by atoms with Crippen LogP contribution in [0.15, 0.2) is 30.6 Å². The van der Waals surface area contributed by atoms with Gasteiger partial charge < -0.3 is 15.0 Å². The van der Waals surface area contributed by atoms with Crippen LogP contribution in [0.4, 0.5) is 5.82 Å². The summed E-state index contributed by atoms with van der Waals surface area (Å²) in [5, 5.41) is 0. The minimum Gasteiger partial charge on any atom is -0.494 e. The lowest BCUT2D eigenvalue weighted by atomic mass is 10.1. The van der Waals surface area contributed by atoms with E-state index in [1.54, 1.807) is 10.9 Å². The largest absolute Gasteiger partial charge is 0.494 e. The Morgan fingerprint density at radius 1 is 1.29 bits per heavy atom. The lowest BCUT2D eigenvalue weighted by Gasteiger charge is -2.05. The molecule has 1 aromatic carbocycles. The molecule has 4 heteroatoms. The number of hydrogen-bond donors (Lipinski definition) is 1. The van der Waals surface area contributed by atoms with Gasteiger partial charge in [-0.1, -0.05) is 6.92 Å². The van der Waals surface area contributed by atoms with Gasteiger partial charge in [0.1, 0.15) is 17.3 Å². The van der Waals surface area contributed by atoms with Crippen LogP contribution < -0.4 is 10.5 Å². The second kappa shape index (κ2) is 4.91. The van der Waals surface area contributed by atoms with E-state index < -0.39 is 0 Å². The standard InChI is InChI=1S/C13H17N3O/c1-3-8-17-11-6-4-10(5-7-11)12-13(14)16(2)9-15-12/h4-7,9H,3,8,14H2,1-2H3. The van der Waals surface area contributed by atoms with Crippen LogP contribution in [0.2, 0.25) is 0 Å². The van der Waals surface area contributed by atoms with Gasteiger partial charge >= 0.3 is 0 Å². The molecular formula is C13H17N3O. The molecule has 0 aliphatic heterocycles. The summed E-state index contributed by atoms with van der Waals surface area (Å²) in [6.07, 6.45) is 2.72. The number of aromatic nitrogens is 2. The Morgan fingerprint density at radius 3 is 2.53 bits per heavy atom. The zero-order valence-electron chi connectivity index (χ0n) is 10.2. The number of nitrogen functional groups attached to an aromatic ring is 1. The Balaban J connectivity index is 2.20. The Kier molecular flexibility index (Phi) is 3.32. The first-order valence-electron chi connectivity index (χ1n) is 5.72. The predicted molar refractivity (Wildman–Crippen MR) is 68.8 cm³/mol. The van der Waals surface area contributed by atoms with Crippen molar-refractivity contribution in [1.29, 1.82) is 0 Å². The zero-order chi connectivity index (χ0) is 12.3. The molecule has 2 aromatic rings. The van der Waals surface area contributed by atoms with Crippen molar-refractivity contribution >= 4 is 5.82 Å². The van der Waals surface area contributed by atoms with E-state index in [4.69, 9.17) is 10.5 Å². The summed E-state index contributed by atoms with van der Waals surface area (Å²) < 4.78 is 7.33. The van der Waals surface area contributed by atoms with E-state index in [1.807, 2.05) is 31.3 Å². The fourth-order valence-corrected chi connectivity index (χ4v) is 1.59. The molecule has 17 heavy (non-hydrogen) atoms. The molecule has 0 spiro atoms. The van der Waals surface area contributed by atoms with Crippen molar-refractivity contribution in [2.75, 3.05) is 12.3 Å². The SMILES string of the molecule is CCCOc1ccc(-c2ncn(C)c2N)cc1. The van der Waals surface area contributed by atoms with Crippen molar-refractivity contribution in [2.45, 2.75) is 13.3 Å². The van der Waals surface area contributed by atoms with Crippen molar-refractivity contribution < 1.29 is 4.74 Å². The van der Waals surface area contributed by atoms with Gasteiger partial charge in [0.25, 0.3) is 0 Å². The number of hydrogen-bond acceptors (Lipinski definition) is 3. The molecule has 0 saturated heterocycles. The monoisotopic (exact) mass is 231 g/mol. The first-order valence-corrected chi connectivity index (χ1v) is 5.72. The average molecular weight is 231 g/mol. The number of rotatable bonds is 4. The summed E-state index contributed by atoms with van der Waals surface area (Å²) in [5.41, 5.74) is 7.74. The third kappa shape index (κ3) is 2.41. The molecule has 1 heterocycles. The summed E-state index contributed by atoms with van der Waals surface area (Å²) in [5.74, 6) is 1.55. The van der Waals surface area contributed by atoms with Crippen LogP contribution in [0.3, 0.4) is 0 Å². The van der Waals surface area contributed by atoms with Crippen LogP contribution in [0.25, 0.3) is 11.3 Å². The van der Waals surface area contributed by atoms with E-state index in [0.717, 1.165) is 30.0 Å². The smallest absolute Gasteiger partial charge is 0.131 e. The average Bonchev–Trinajstić information content (AvgIpc) is 2.68. The lowest BCUT2D eigenvalue weighted by molar-refractivity contribution is 0.317. The summed E-state index contributed by atoms with van der Waals surface area (Å²) in [6, 6.07) is 7.84. The summed E-state index contributed by atoms with van der Waals surface area (Å²) >= 11 is 0. The zero-order valence-corrected chi connectivity index (χ0v) is 10.2. The molecule has 0 saturated carbocycles. The Bertz CT molecular complexity index is 488. The van der Waals surface area contributed by atoms with Gasteiger partial charge in [0.15, 0.2) is 0 Å². The minimum absolute atomic E-state index is 0.673. The fourth-order valence-electron chi connectivity index (χ4n) is 1.59. The van der Waals surface area contributed by atoms with E-state index in [2.05, 4.69) is 11.9 Å². The highest BCUT2D eigenvalue weighted by Gasteiger charge is 2.07. The first kappa shape index (κ1) is 11.5. The first-order chi connectivity index (χ1) is 8.22. The molecule has 0 atom stereocenters. The molecule has 0 amide bonds. The topological polar surface area (TPSA) is 53.1 Å². The van der Waals surface area contributed by atoms with Crippen LogP contribution in [-0.2, 0) is 7.05 Å². The summed E-state index contributed by atoms with van der Waals surface area (Å²) in [4.78, 5) is 4.27. The molecule has 1 aromatic heterocycles. The molecule has 0 radical (unpaired) electrons. The van der Waals surface area contributed by atoms with Crippen molar-refractivity contribution in [1.82, 2.24) is 9.55 Å². The fraction of sp³-hybridized carbons (Fsp3) is 0.308. The molecule has 0 aliphatic rings. The van der Waals surface area contributed by atoms with Gasteiger partial charge in [-0.2, -0.15) is 0 Å².